The maximum atomic E-state index is 12.0. The SMILES string of the molecule is O=[N+]([O-])c1ccc(Cl)c(S(=O)(=O)NCCS(=O)(=O)CCO)c1. The Morgan fingerprint density at radius 1 is 1.23 bits per heavy atom. The fraction of sp³-hybridized carbons (Fsp3) is 0.400. The lowest BCUT2D eigenvalue weighted by Gasteiger charge is -2.08. The summed E-state index contributed by atoms with van der Waals surface area (Å²) in [7, 11) is -7.78. The van der Waals surface area contributed by atoms with Crippen LogP contribution in [0.2, 0.25) is 5.02 Å². The van der Waals surface area contributed by atoms with Crippen molar-refractivity contribution in [1.82, 2.24) is 4.72 Å². The second kappa shape index (κ2) is 7.33. The van der Waals surface area contributed by atoms with Gasteiger partial charge in [-0.05, 0) is 6.07 Å². The highest BCUT2D eigenvalue weighted by Crippen LogP contribution is 2.25. The Hall–Kier alpha value is -1.27. The average molecular weight is 373 g/mol. The molecule has 0 heterocycles. The molecule has 0 aliphatic carbocycles. The number of sulfone groups is 1. The predicted molar refractivity (Wildman–Crippen MR) is 79.0 cm³/mol. The van der Waals surface area contributed by atoms with Crippen LogP contribution in [0.1, 0.15) is 0 Å². The molecule has 0 fully saturated rings. The molecule has 0 amide bonds. The number of aliphatic hydroxyl groups excluding tert-OH is 1. The first-order valence-corrected chi connectivity index (χ1v) is 9.52. The summed E-state index contributed by atoms with van der Waals surface area (Å²) < 4.78 is 48.7. The maximum absolute atomic E-state index is 12.0. The Balaban J connectivity index is 2.92. The third kappa shape index (κ3) is 5.18. The summed E-state index contributed by atoms with van der Waals surface area (Å²) in [5.41, 5.74) is -0.460. The fourth-order valence-corrected chi connectivity index (χ4v) is 4.04. The number of benzene rings is 1. The molecule has 0 atom stereocenters. The van der Waals surface area contributed by atoms with Crippen LogP contribution in [0, 0.1) is 10.1 Å². The molecule has 2 N–H and O–H groups in total. The van der Waals surface area contributed by atoms with E-state index in [1.54, 1.807) is 0 Å². The number of aliphatic hydroxyl groups is 1. The van der Waals surface area contributed by atoms with Gasteiger partial charge in [-0.15, -0.1) is 0 Å². The Bertz CT molecular complexity index is 761. The van der Waals surface area contributed by atoms with Crippen molar-refractivity contribution in [2.45, 2.75) is 4.90 Å². The van der Waals surface area contributed by atoms with Crippen molar-refractivity contribution in [3.63, 3.8) is 0 Å². The summed E-state index contributed by atoms with van der Waals surface area (Å²) in [6.07, 6.45) is 0. The highest BCUT2D eigenvalue weighted by molar-refractivity contribution is 7.91. The first-order chi connectivity index (χ1) is 10.1. The molecule has 0 aliphatic rings. The number of halogens is 1. The van der Waals surface area contributed by atoms with Gasteiger partial charge in [0.05, 0.1) is 28.1 Å². The number of nitrogens with one attached hydrogen (secondary N) is 1. The third-order valence-corrected chi connectivity index (χ3v) is 6.10. The highest BCUT2D eigenvalue weighted by Gasteiger charge is 2.22. The second-order valence-electron chi connectivity index (χ2n) is 4.15. The van der Waals surface area contributed by atoms with Gasteiger partial charge in [-0.2, -0.15) is 0 Å². The van der Waals surface area contributed by atoms with E-state index in [1.807, 2.05) is 4.72 Å². The first-order valence-electron chi connectivity index (χ1n) is 5.84. The Morgan fingerprint density at radius 2 is 1.86 bits per heavy atom. The lowest BCUT2D eigenvalue weighted by Crippen LogP contribution is -2.30. The molecule has 1 rings (SSSR count). The predicted octanol–water partition coefficient (Wildman–Crippen LogP) is -0.0664. The molecule has 0 aliphatic heterocycles. The van der Waals surface area contributed by atoms with E-state index in [0.29, 0.717) is 0 Å². The number of non-ortho nitro benzene ring substituents is 1. The van der Waals surface area contributed by atoms with Gasteiger partial charge in [0.2, 0.25) is 10.0 Å². The first kappa shape index (κ1) is 18.8. The van der Waals surface area contributed by atoms with E-state index in [-0.39, 0.29) is 5.02 Å². The smallest absolute Gasteiger partial charge is 0.270 e. The van der Waals surface area contributed by atoms with Crippen molar-refractivity contribution in [3.8, 4) is 0 Å². The van der Waals surface area contributed by atoms with E-state index >= 15 is 0 Å². The lowest BCUT2D eigenvalue weighted by atomic mass is 10.3. The zero-order chi connectivity index (χ0) is 17.0. The molecule has 9 nitrogen and oxygen atoms in total. The van der Waals surface area contributed by atoms with Crippen molar-refractivity contribution >= 4 is 37.1 Å². The van der Waals surface area contributed by atoms with Gasteiger partial charge >= 0.3 is 0 Å². The van der Waals surface area contributed by atoms with Gasteiger partial charge in [0, 0.05) is 18.7 Å². The third-order valence-electron chi connectivity index (χ3n) is 2.52. The van der Waals surface area contributed by atoms with Crippen molar-refractivity contribution < 1.29 is 26.9 Å². The van der Waals surface area contributed by atoms with E-state index in [1.165, 1.54) is 0 Å². The quantitative estimate of drug-likeness (QED) is 0.480. The molecule has 0 saturated carbocycles. The van der Waals surface area contributed by atoms with Gasteiger partial charge in [-0.25, -0.2) is 21.6 Å². The van der Waals surface area contributed by atoms with Crippen molar-refractivity contribution in [1.29, 1.82) is 0 Å². The van der Waals surface area contributed by atoms with E-state index < -0.39 is 60.0 Å². The van der Waals surface area contributed by atoms with Gasteiger partial charge in [0.1, 0.15) is 4.90 Å². The summed E-state index contributed by atoms with van der Waals surface area (Å²) in [4.78, 5) is 9.37. The average Bonchev–Trinajstić information content (AvgIpc) is 2.37. The van der Waals surface area contributed by atoms with E-state index in [0.717, 1.165) is 18.2 Å². The molecule has 0 unspecified atom stereocenters. The maximum Gasteiger partial charge on any atom is 0.270 e. The van der Waals surface area contributed by atoms with Crippen LogP contribution < -0.4 is 4.72 Å². The summed E-state index contributed by atoms with van der Waals surface area (Å²) in [5.74, 6) is -0.994. The van der Waals surface area contributed by atoms with Crippen LogP contribution in [-0.4, -0.2) is 51.5 Å². The largest absolute Gasteiger partial charge is 0.395 e. The number of hydrogen-bond donors (Lipinski definition) is 2. The number of rotatable bonds is 8. The van der Waals surface area contributed by atoms with E-state index in [9.17, 15) is 26.9 Å². The molecule has 124 valence electrons. The Kier molecular flexibility index (Phi) is 6.26. The highest BCUT2D eigenvalue weighted by atomic mass is 35.5. The van der Waals surface area contributed by atoms with Gasteiger partial charge < -0.3 is 5.11 Å². The Labute approximate surface area is 132 Å². The standard InChI is InChI=1S/C10H13ClN2O7S2/c11-9-2-1-8(13(15)16)7-10(9)22(19,20)12-3-5-21(17,18)6-4-14/h1-2,7,12,14H,3-6H2. The molecule has 0 bridgehead atoms. The zero-order valence-corrected chi connectivity index (χ0v) is 13.5. The topological polar surface area (TPSA) is 144 Å². The normalized spacial score (nSPS) is 12.3. The molecule has 22 heavy (non-hydrogen) atoms. The molecule has 12 heteroatoms. The second-order valence-corrected chi connectivity index (χ2v) is 8.59. The van der Waals surface area contributed by atoms with E-state index in [2.05, 4.69) is 0 Å². The minimum Gasteiger partial charge on any atom is -0.395 e. The van der Waals surface area contributed by atoms with Gasteiger partial charge in [-0.3, -0.25) is 10.1 Å². The van der Waals surface area contributed by atoms with Crippen LogP contribution >= 0.6 is 11.6 Å². The summed E-state index contributed by atoms with van der Waals surface area (Å²) in [6.45, 7) is -1.00. The van der Waals surface area contributed by atoms with Crippen LogP contribution in [0.4, 0.5) is 5.69 Å². The van der Waals surface area contributed by atoms with Crippen LogP contribution in [0.5, 0.6) is 0 Å². The summed E-state index contributed by atoms with van der Waals surface area (Å²) >= 11 is 5.71. The molecule has 0 spiro atoms. The van der Waals surface area contributed by atoms with Crippen molar-refractivity contribution in [3.05, 3.63) is 33.3 Å². The summed E-state index contributed by atoms with van der Waals surface area (Å²) in [6, 6.07) is 2.90. The van der Waals surface area contributed by atoms with Crippen LogP contribution in [0.3, 0.4) is 0 Å². The molecular weight excluding hydrogens is 360 g/mol. The van der Waals surface area contributed by atoms with Gasteiger partial charge in [0.15, 0.2) is 9.84 Å². The number of nitro benzene ring substituents is 1. The minimum absolute atomic E-state index is 0.226. The van der Waals surface area contributed by atoms with E-state index in [4.69, 9.17) is 16.7 Å². The Morgan fingerprint density at radius 3 is 2.41 bits per heavy atom. The van der Waals surface area contributed by atoms with Crippen molar-refractivity contribution in [2.75, 3.05) is 24.7 Å². The minimum atomic E-state index is -4.20. The zero-order valence-electron chi connectivity index (χ0n) is 11.1. The fourth-order valence-electron chi connectivity index (χ4n) is 1.46. The molecule has 0 saturated heterocycles. The number of nitro groups is 1. The molecule has 1 aromatic carbocycles. The molecule has 0 radical (unpaired) electrons. The summed E-state index contributed by atoms with van der Waals surface area (Å²) in [5, 5.41) is 19.0. The van der Waals surface area contributed by atoms with Crippen LogP contribution in [0.25, 0.3) is 0 Å². The van der Waals surface area contributed by atoms with Crippen LogP contribution in [0.15, 0.2) is 23.1 Å². The molecule has 1 aromatic rings. The monoisotopic (exact) mass is 372 g/mol. The van der Waals surface area contributed by atoms with Crippen molar-refractivity contribution in [2.24, 2.45) is 0 Å². The van der Waals surface area contributed by atoms with Gasteiger partial charge in [0.25, 0.3) is 5.69 Å². The van der Waals surface area contributed by atoms with Gasteiger partial charge in [-0.1, -0.05) is 11.6 Å². The molecule has 0 aromatic heterocycles. The number of nitrogens with zero attached hydrogens (tertiary/aromatic N) is 1. The van der Waals surface area contributed by atoms with Crippen LogP contribution in [-0.2, 0) is 19.9 Å². The lowest BCUT2D eigenvalue weighted by molar-refractivity contribution is -0.385. The number of sulfonamides is 1. The molecular formula is C10H13ClN2O7S2. The number of hydrogen-bond acceptors (Lipinski definition) is 7.